The number of hydrogen-bond acceptors (Lipinski definition) is 6. The number of rotatable bonds is 8. The molecule has 0 aliphatic heterocycles. The van der Waals surface area contributed by atoms with E-state index in [9.17, 15) is 9.59 Å². The fourth-order valence-corrected chi connectivity index (χ4v) is 2.35. The maximum atomic E-state index is 12.1. The van der Waals surface area contributed by atoms with Gasteiger partial charge in [0.25, 0.3) is 0 Å². The number of anilines is 2. The van der Waals surface area contributed by atoms with Gasteiger partial charge in [-0.05, 0) is 30.5 Å². The van der Waals surface area contributed by atoms with E-state index < -0.39 is 6.03 Å². The maximum Gasteiger partial charge on any atom is 0.319 e. The van der Waals surface area contributed by atoms with E-state index in [0.717, 1.165) is 5.56 Å². The first-order valence-electron chi connectivity index (χ1n) is 8.63. The van der Waals surface area contributed by atoms with Gasteiger partial charge in [0.2, 0.25) is 11.8 Å². The normalized spacial score (nSPS) is 10.7. The number of nitrogens with one attached hydrogen (secondary N) is 3. The van der Waals surface area contributed by atoms with Gasteiger partial charge in [0.05, 0.1) is 6.54 Å². The van der Waals surface area contributed by atoms with E-state index >= 15 is 0 Å². The first-order valence-corrected chi connectivity index (χ1v) is 8.63. The van der Waals surface area contributed by atoms with Gasteiger partial charge in [-0.15, -0.1) is 0 Å². The van der Waals surface area contributed by atoms with Crippen molar-refractivity contribution >= 4 is 23.3 Å². The van der Waals surface area contributed by atoms with E-state index in [0.29, 0.717) is 23.6 Å². The molecular formula is C18H25N5O4. The average molecular weight is 375 g/mol. The number of carbonyl (C=O) groups excluding carboxylic acids is 2. The molecule has 1 heterocycles. The van der Waals surface area contributed by atoms with Crippen molar-refractivity contribution in [1.29, 1.82) is 0 Å². The van der Waals surface area contributed by atoms with Gasteiger partial charge in [-0.1, -0.05) is 25.1 Å². The second kappa shape index (κ2) is 9.67. The predicted octanol–water partition coefficient (Wildman–Crippen LogP) is 2.83. The zero-order valence-electron chi connectivity index (χ0n) is 16.0. The number of urea groups is 1. The van der Waals surface area contributed by atoms with Crippen molar-refractivity contribution in [1.82, 2.24) is 15.5 Å². The summed E-state index contributed by atoms with van der Waals surface area (Å²) in [5.74, 6) is 0.906. The monoisotopic (exact) mass is 375 g/mol. The van der Waals surface area contributed by atoms with Crippen molar-refractivity contribution in [3.8, 4) is 0 Å². The third kappa shape index (κ3) is 6.37. The fourth-order valence-electron chi connectivity index (χ4n) is 2.35. The zero-order valence-corrected chi connectivity index (χ0v) is 16.0. The molecule has 9 nitrogen and oxygen atoms in total. The number of aromatic nitrogens is 2. The largest absolute Gasteiger partial charge is 0.377 e. The molecule has 0 spiro atoms. The molecule has 0 saturated heterocycles. The summed E-state index contributed by atoms with van der Waals surface area (Å²) in [6, 6.07) is 4.90. The highest BCUT2D eigenvalue weighted by Crippen LogP contribution is 2.23. The third-order valence-corrected chi connectivity index (χ3v) is 3.63. The van der Waals surface area contributed by atoms with Gasteiger partial charge in [-0.3, -0.25) is 4.79 Å². The molecule has 1 aromatic heterocycles. The minimum absolute atomic E-state index is 0.0574. The Balaban J connectivity index is 1.92. The van der Waals surface area contributed by atoms with Crippen molar-refractivity contribution in [2.24, 2.45) is 5.92 Å². The number of hydrogen-bond donors (Lipinski definition) is 3. The van der Waals surface area contributed by atoms with Crippen LogP contribution in [0, 0.1) is 12.8 Å². The van der Waals surface area contributed by atoms with Crippen LogP contribution < -0.4 is 16.0 Å². The molecule has 0 aliphatic carbocycles. The number of ether oxygens (including phenoxy) is 1. The smallest absolute Gasteiger partial charge is 0.319 e. The van der Waals surface area contributed by atoms with Gasteiger partial charge in [0.1, 0.15) is 6.61 Å². The lowest BCUT2D eigenvalue weighted by molar-refractivity contribution is -0.116. The summed E-state index contributed by atoms with van der Waals surface area (Å²) >= 11 is 0. The van der Waals surface area contributed by atoms with Gasteiger partial charge >= 0.3 is 6.03 Å². The van der Waals surface area contributed by atoms with Crippen molar-refractivity contribution < 1.29 is 18.8 Å². The van der Waals surface area contributed by atoms with Gasteiger partial charge in [0, 0.05) is 24.9 Å². The van der Waals surface area contributed by atoms with Crippen LogP contribution in [0.3, 0.4) is 0 Å². The van der Waals surface area contributed by atoms with Crippen molar-refractivity contribution in [2.75, 3.05) is 17.7 Å². The van der Waals surface area contributed by atoms with Gasteiger partial charge in [0.15, 0.2) is 5.82 Å². The van der Waals surface area contributed by atoms with Crippen LogP contribution in [-0.2, 0) is 22.7 Å². The van der Waals surface area contributed by atoms with E-state index in [1.165, 1.54) is 7.11 Å². The molecule has 0 saturated carbocycles. The van der Waals surface area contributed by atoms with Gasteiger partial charge < -0.3 is 25.2 Å². The summed E-state index contributed by atoms with van der Waals surface area (Å²) in [5.41, 5.74) is 2.03. The summed E-state index contributed by atoms with van der Waals surface area (Å²) in [6.45, 7) is 6.12. The standard InChI is InChI=1S/C18H25N5O4/c1-11(2)8-16(24)20-13-6-5-7-14(12(13)3)21-18(25)19-9-17-22-15(10-26-4)23-27-17/h5-7,11H,8-10H2,1-4H3,(H,20,24)(H2,19,21,25). The summed E-state index contributed by atoms with van der Waals surface area (Å²) in [6.07, 6.45) is 0.437. The van der Waals surface area contributed by atoms with Crippen LogP contribution in [0.1, 0.15) is 37.5 Å². The van der Waals surface area contributed by atoms with Gasteiger partial charge in [-0.25, -0.2) is 4.79 Å². The Hall–Kier alpha value is -2.94. The fraction of sp³-hybridized carbons (Fsp3) is 0.444. The Morgan fingerprint density at radius 3 is 2.59 bits per heavy atom. The van der Waals surface area contributed by atoms with Gasteiger partial charge in [-0.2, -0.15) is 4.98 Å². The lowest BCUT2D eigenvalue weighted by atomic mass is 10.1. The number of carbonyl (C=O) groups is 2. The molecule has 3 N–H and O–H groups in total. The molecule has 27 heavy (non-hydrogen) atoms. The molecule has 2 aromatic rings. The molecule has 146 valence electrons. The topological polar surface area (TPSA) is 118 Å². The second-order valence-electron chi connectivity index (χ2n) is 6.47. The SMILES string of the molecule is COCc1noc(CNC(=O)Nc2cccc(NC(=O)CC(C)C)c2C)n1. The van der Waals surface area contributed by atoms with E-state index in [2.05, 4.69) is 26.1 Å². The van der Waals surface area contributed by atoms with Crippen LogP contribution in [0.5, 0.6) is 0 Å². The van der Waals surface area contributed by atoms with E-state index in [1.807, 2.05) is 20.8 Å². The van der Waals surface area contributed by atoms with Crippen LogP contribution >= 0.6 is 0 Å². The highest BCUT2D eigenvalue weighted by molar-refractivity contribution is 5.95. The number of methoxy groups -OCH3 is 1. The minimum atomic E-state index is -0.421. The van der Waals surface area contributed by atoms with Crippen molar-refractivity contribution in [2.45, 2.75) is 40.3 Å². The molecule has 0 radical (unpaired) electrons. The van der Waals surface area contributed by atoms with Crippen LogP contribution in [0.2, 0.25) is 0 Å². The lowest BCUT2D eigenvalue weighted by Crippen LogP contribution is -2.28. The Morgan fingerprint density at radius 1 is 1.22 bits per heavy atom. The van der Waals surface area contributed by atoms with E-state index in [4.69, 9.17) is 9.26 Å². The highest BCUT2D eigenvalue weighted by atomic mass is 16.5. The lowest BCUT2D eigenvalue weighted by Gasteiger charge is -2.14. The van der Waals surface area contributed by atoms with Crippen molar-refractivity contribution in [3.05, 3.63) is 35.5 Å². The molecule has 0 bridgehead atoms. The Bertz CT molecular complexity index is 788. The number of nitrogens with zero attached hydrogens (tertiary/aromatic N) is 2. The summed E-state index contributed by atoms with van der Waals surface area (Å²) < 4.78 is 9.91. The Morgan fingerprint density at radius 2 is 1.93 bits per heavy atom. The molecule has 0 unspecified atom stereocenters. The molecule has 2 rings (SSSR count). The number of amides is 3. The van der Waals surface area contributed by atoms with Crippen molar-refractivity contribution in [3.63, 3.8) is 0 Å². The van der Waals surface area contributed by atoms with Crippen LogP contribution in [0.15, 0.2) is 22.7 Å². The van der Waals surface area contributed by atoms with Crippen LogP contribution in [-0.4, -0.2) is 29.2 Å². The van der Waals surface area contributed by atoms with Crippen LogP contribution in [0.25, 0.3) is 0 Å². The van der Waals surface area contributed by atoms with E-state index in [1.54, 1.807) is 18.2 Å². The summed E-state index contributed by atoms with van der Waals surface area (Å²) in [7, 11) is 1.53. The average Bonchev–Trinajstić information content (AvgIpc) is 3.04. The first-order chi connectivity index (χ1) is 12.9. The molecule has 0 atom stereocenters. The maximum absolute atomic E-state index is 12.1. The third-order valence-electron chi connectivity index (χ3n) is 3.63. The molecular weight excluding hydrogens is 350 g/mol. The van der Waals surface area contributed by atoms with E-state index in [-0.39, 0.29) is 30.9 Å². The highest BCUT2D eigenvalue weighted by Gasteiger charge is 2.12. The summed E-state index contributed by atoms with van der Waals surface area (Å²) in [4.78, 5) is 28.2. The quantitative estimate of drug-likeness (QED) is 0.653. The molecule has 0 aliphatic rings. The minimum Gasteiger partial charge on any atom is -0.377 e. The Kier molecular flexibility index (Phi) is 7.30. The number of benzene rings is 1. The molecule has 3 amide bonds. The Labute approximate surface area is 157 Å². The zero-order chi connectivity index (χ0) is 19.8. The first kappa shape index (κ1) is 20.4. The molecule has 0 fully saturated rings. The predicted molar refractivity (Wildman–Crippen MR) is 100 cm³/mol. The second-order valence-corrected chi connectivity index (χ2v) is 6.47. The molecule has 1 aromatic carbocycles. The summed E-state index contributed by atoms with van der Waals surface area (Å²) in [5, 5.41) is 12.0. The molecule has 9 heteroatoms. The van der Waals surface area contributed by atoms with Crippen LogP contribution in [0.4, 0.5) is 16.2 Å².